The third-order valence-electron chi connectivity index (χ3n) is 5.27. The summed E-state index contributed by atoms with van der Waals surface area (Å²) in [6, 6.07) is 0.789. The predicted molar refractivity (Wildman–Crippen MR) is 69.4 cm³/mol. The highest BCUT2D eigenvalue weighted by atomic mass is 15.2. The van der Waals surface area contributed by atoms with Crippen LogP contribution in [0.1, 0.15) is 58.8 Å². The van der Waals surface area contributed by atoms with Crippen LogP contribution < -0.4 is 5.73 Å². The third-order valence-corrected chi connectivity index (χ3v) is 5.27. The Hall–Kier alpha value is -0.0800. The van der Waals surface area contributed by atoms with Gasteiger partial charge in [0.15, 0.2) is 0 Å². The van der Waals surface area contributed by atoms with Crippen LogP contribution in [0.15, 0.2) is 0 Å². The zero-order valence-corrected chi connectivity index (χ0v) is 11.3. The molecule has 2 rings (SSSR count). The van der Waals surface area contributed by atoms with Gasteiger partial charge in [0, 0.05) is 18.1 Å². The maximum absolute atomic E-state index is 5.99. The van der Waals surface area contributed by atoms with Gasteiger partial charge in [-0.15, -0.1) is 0 Å². The first-order valence-electron chi connectivity index (χ1n) is 6.92. The SMILES string of the molecule is CN(C1CCC(C)(C)CC1)C1(CN)CCC1. The molecule has 0 unspecified atom stereocenters. The fraction of sp³-hybridized carbons (Fsp3) is 1.00. The van der Waals surface area contributed by atoms with Crippen LogP contribution in [0.25, 0.3) is 0 Å². The number of hydrogen-bond donors (Lipinski definition) is 1. The first-order valence-corrected chi connectivity index (χ1v) is 6.92. The van der Waals surface area contributed by atoms with Crippen molar-refractivity contribution in [3.8, 4) is 0 Å². The molecule has 2 aliphatic rings. The lowest BCUT2D eigenvalue weighted by Crippen LogP contribution is -2.60. The van der Waals surface area contributed by atoms with Gasteiger partial charge >= 0.3 is 0 Å². The van der Waals surface area contributed by atoms with Gasteiger partial charge in [0.2, 0.25) is 0 Å². The van der Waals surface area contributed by atoms with Gasteiger partial charge in [-0.1, -0.05) is 13.8 Å². The molecule has 0 radical (unpaired) electrons. The molecule has 2 nitrogen and oxygen atoms in total. The highest BCUT2D eigenvalue weighted by Crippen LogP contribution is 2.42. The predicted octanol–water partition coefficient (Wildman–Crippen LogP) is 2.77. The molecule has 2 aliphatic carbocycles. The van der Waals surface area contributed by atoms with E-state index in [4.69, 9.17) is 5.73 Å². The zero-order chi connectivity index (χ0) is 11.8. The van der Waals surface area contributed by atoms with Crippen LogP contribution in [0.3, 0.4) is 0 Å². The molecule has 0 aromatic carbocycles. The molecule has 0 saturated heterocycles. The summed E-state index contributed by atoms with van der Waals surface area (Å²) in [6.07, 6.45) is 9.50. The number of rotatable bonds is 3. The molecular weight excluding hydrogens is 196 g/mol. The van der Waals surface area contributed by atoms with E-state index in [2.05, 4.69) is 25.8 Å². The molecule has 94 valence electrons. The Morgan fingerprint density at radius 3 is 2.06 bits per heavy atom. The van der Waals surface area contributed by atoms with Crippen molar-refractivity contribution in [1.29, 1.82) is 0 Å². The zero-order valence-electron chi connectivity index (χ0n) is 11.3. The van der Waals surface area contributed by atoms with E-state index >= 15 is 0 Å². The van der Waals surface area contributed by atoms with E-state index in [0.29, 0.717) is 11.0 Å². The summed E-state index contributed by atoms with van der Waals surface area (Å²) in [7, 11) is 2.31. The first-order chi connectivity index (χ1) is 7.49. The Morgan fingerprint density at radius 1 is 1.12 bits per heavy atom. The minimum absolute atomic E-state index is 0.367. The van der Waals surface area contributed by atoms with Crippen LogP contribution in [0.4, 0.5) is 0 Å². The number of hydrogen-bond acceptors (Lipinski definition) is 2. The monoisotopic (exact) mass is 224 g/mol. The van der Waals surface area contributed by atoms with E-state index in [9.17, 15) is 0 Å². The molecule has 2 N–H and O–H groups in total. The summed E-state index contributed by atoms with van der Waals surface area (Å²) in [4.78, 5) is 2.63. The topological polar surface area (TPSA) is 29.3 Å². The Morgan fingerprint density at radius 2 is 1.69 bits per heavy atom. The standard InChI is InChI=1S/C14H28N2/c1-13(2)9-5-12(6-10-13)16(3)14(11-15)7-4-8-14/h12H,4-11,15H2,1-3H3. The van der Waals surface area contributed by atoms with Gasteiger partial charge in [0.25, 0.3) is 0 Å². The van der Waals surface area contributed by atoms with Gasteiger partial charge in [-0.05, 0) is 57.4 Å². The minimum atomic E-state index is 0.367. The van der Waals surface area contributed by atoms with Crippen molar-refractivity contribution in [3.05, 3.63) is 0 Å². The third kappa shape index (κ3) is 2.14. The van der Waals surface area contributed by atoms with Crippen molar-refractivity contribution in [2.75, 3.05) is 13.6 Å². The number of likely N-dealkylation sites (N-methyl/N-ethyl adjacent to an activating group) is 1. The molecule has 0 bridgehead atoms. The summed E-state index contributed by atoms with van der Waals surface area (Å²) in [5.74, 6) is 0. The van der Waals surface area contributed by atoms with Crippen molar-refractivity contribution < 1.29 is 0 Å². The summed E-state index contributed by atoms with van der Waals surface area (Å²) in [6.45, 7) is 5.67. The summed E-state index contributed by atoms with van der Waals surface area (Å²) >= 11 is 0. The molecule has 0 amide bonds. The average Bonchev–Trinajstić information content (AvgIpc) is 2.16. The minimum Gasteiger partial charge on any atom is -0.329 e. The second kappa shape index (κ2) is 4.30. The molecule has 16 heavy (non-hydrogen) atoms. The van der Waals surface area contributed by atoms with Crippen molar-refractivity contribution in [2.24, 2.45) is 11.1 Å². The first kappa shape index (κ1) is 12.4. The van der Waals surface area contributed by atoms with E-state index < -0.39 is 0 Å². The Balaban J connectivity index is 1.93. The van der Waals surface area contributed by atoms with Crippen LogP contribution in [0.5, 0.6) is 0 Å². The Kier molecular flexibility index (Phi) is 3.33. The quantitative estimate of drug-likeness (QED) is 0.798. The number of nitrogens with zero attached hydrogens (tertiary/aromatic N) is 1. The van der Waals surface area contributed by atoms with Gasteiger partial charge < -0.3 is 5.73 Å². The molecule has 2 saturated carbocycles. The molecule has 0 aliphatic heterocycles. The lowest BCUT2D eigenvalue weighted by molar-refractivity contribution is -0.0122. The van der Waals surface area contributed by atoms with E-state index in [1.165, 1.54) is 44.9 Å². The summed E-state index contributed by atoms with van der Waals surface area (Å²) in [5, 5.41) is 0. The lowest BCUT2D eigenvalue weighted by Gasteiger charge is -2.53. The van der Waals surface area contributed by atoms with Crippen molar-refractivity contribution in [3.63, 3.8) is 0 Å². The number of nitrogens with two attached hydrogens (primary N) is 1. The van der Waals surface area contributed by atoms with Crippen molar-refractivity contribution >= 4 is 0 Å². The molecule has 0 heterocycles. The van der Waals surface area contributed by atoms with Crippen LogP contribution in [0.2, 0.25) is 0 Å². The van der Waals surface area contributed by atoms with Crippen LogP contribution >= 0.6 is 0 Å². The lowest BCUT2D eigenvalue weighted by atomic mass is 9.71. The van der Waals surface area contributed by atoms with Crippen LogP contribution in [-0.2, 0) is 0 Å². The van der Waals surface area contributed by atoms with Gasteiger partial charge in [-0.25, -0.2) is 0 Å². The second-order valence-electron chi connectivity index (χ2n) is 6.79. The van der Waals surface area contributed by atoms with E-state index in [0.717, 1.165) is 12.6 Å². The molecule has 0 spiro atoms. The largest absolute Gasteiger partial charge is 0.329 e. The normalized spacial score (nSPS) is 29.1. The summed E-state index contributed by atoms with van der Waals surface area (Å²) in [5.41, 5.74) is 6.93. The van der Waals surface area contributed by atoms with Gasteiger partial charge in [0.05, 0.1) is 0 Å². The summed E-state index contributed by atoms with van der Waals surface area (Å²) < 4.78 is 0. The van der Waals surface area contributed by atoms with Crippen LogP contribution in [-0.4, -0.2) is 30.1 Å². The molecule has 0 aromatic rings. The molecule has 2 heteroatoms. The van der Waals surface area contributed by atoms with E-state index in [1.807, 2.05) is 0 Å². The molecule has 2 fully saturated rings. The van der Waals surface area contributed by atoms with Gasteiger partial charge in [0.1, 0.15) is 0 Å². The molecule has 0 aromatic heterocycles. The fourth-order valence-corrected chi connectivity index (χ4v) is 3.44. The Bertz CT molecular complexity index is 228. The maximum Gasteiger partial charge on any atom is 0.0331 e. The van der Waals surface area contributed by atoms with Crippen molar-refractivity contribution in [2.45, 2.75) is 70.4 Å². The van der Waals surface area contributed by atoms with Gasteiger partial charge in [-0.3, -0.25) is 4.90 Å². The fourth-order valence-electron chi connectivity index (χ4n) is 3.44. The molecular formula is C14H28N2. The second-order valence-corrected chi connectivity index (χ2v) is 6.79. The highest BCUT2D eigenvalue weighted by molar-refractivity contribution is 5.00. The smallest absolute Gasteiger partial charge is 0.0331 e. The van der Waals surface area contributed by atoms with E-state index in [-0.39, 0.29) is 0 Å². The molecule has 0 atom stereocenters. The average molecular weight is 224 g/mol. The highest BCUT2D eigenvalue weighted by Gasteiger charge is 2.43. The van der Waals surface area contributed by atoms with Gasteiger partial charge in [-0.2, -0.15) is 0 Å². The van der Waals surface area contributed by atoms with Crippen LogP contribution in [0, 0.1) is 5.41 Å². The van der Waals surface area contributed by atoms with Crippen molar-refractivity contribution in [1.82, 2.24) is 4.90 Å². The maximum atomic E-state index is 5.99. The Labute approximate surface area is 101 Å². The van der Waals surface area contributed by atoms with E-state index in [1.54, 1.807) is 0 Å².